The summed E-state index contributed by atoms with van der Waals surface area (Å²) in [7, 11) is -7.54. The van der Waals surface area contributed by atoms with Crippen LogP contribution in [-0.4, -0.2) is 57.0 Å². The maximum absolute atomic E-state index is 13.4. The lowest BCUT2D eigenvalue weighted by atomic mass is 9.93. The van der Waals surface area contributed by atoms with Gasteiger partial charge >= 0.3 is 6.36 Å². The number of fused-ring (bicyclic) bond motifs is 1. The average Bonchev–Trinajstić information content (AvgIpc) is 3.09. The van der Waals surface area contributed by atoms with Crippen molar-refractivity contribution in [2.45, 2.75) is 25.1 Å². The number of aromatic nitrogens is 2. The smallest absolute Gasteiger partial charge is 0.406 e. The lowest BCUT2D eigenvalue weighted by Gasteiger charge is -2.14. The molecule has 0 saturated heterocycles. The summed E-state index contributed by atoms with van der Waals surface area (Å²) in [6.45, 7) is -0.154. The van der Waals surface area contributed by atoms with Gasteiger partial charge < -0.3 is 9.30 Å². The van der Waals surface area contributed by atoms with Gasteiger partial charge in [0.25, 0.3) is 5.91 Å². The van der Waals surface area contributed by atoms with E-state index in [1.54, 1.807) is 6.08 Å². The van der Waals surface area contributed by atoms with Crippen LogP contribution in [0.25, 0.3) is 16.5 Å². The molecule has 1 N–H and O–H groups in total. The van der Waals surface area contributed by atoms with Gasteiger partial charge in [0.05, 0.1) is 17.7 Å². The zero-order chi connectivity index (χ0) is 29.5. The molecule has 0 saturated carbocycles. The van der Waals surface area contributed by atoms with Crippen molar-refractivity contribution in [1.82, 2.24) is 14.3 Å². The van der Waals surface area contributed by atoms with Crippen molar-refractivity contribution in [3.05, 3.63) is 77.3 Å². The number of ketones is 1. The van der Waals surface area contributed by atoms with Gasteiger partial charge in [-0.25, -0.2) is 21.6 Å². The minimum atomic E-state index is -5.03. The molecule has 212 valence electrons. The van der Waals surface area contributed by atoms with Gasteiger partial charge in [-0.15, -0.1) is 13.2 Å². The van der Waals surface area contributed by atoms with Crippen LogP contribution in [0.15, 0.2) is 54.8 Å². The molecule has 1 aliphatic carbocycles. The number of sulfonamides is 1. The Morgan fingerprint density at radius 3 is 2.48 bits per heavy atom. The molecule has 0 unspecified atom stereocenters. The van der Waals surface area contributed by atoms with Crippen LogP contribution in [-0.2, 0) is 37.0 Å². The Morgan fingerprint density at radius 2 is 1.85 bits per heavy atom. The van der Waals surface area contributed by atoms with Crippen molar-refractivity contribution in [2.24, 2.45) is 0 Å². The first-order valence-corrected chi connectivity index (χ1v) is 15.4. The van der Waals surface area contributed by atoms with E-state index in [1.165, 1.54) is 41.1 Å². The highest BCUT2D eigenvalue weighted by molar-refractivity contribution is 7.90. The van der Waals surface area contributed by atoms with E-state index < -0.39 is 43.7 Å². The Bertz CT molecular complexity index is 1810. The molecule has 0 radical (unpaired) electrons. The summed E-state index contributed by atoms with van der Waals surface area (Å²) in [6.07, 6.45) is 2.54. The summed E-state index contributed by atoms with van der Waals surface area (Å²) < 4.78 is 93.9. The van der Waals surface area contributed by atoms with Gasteiger partial charge in [-0.2, -0.15) is 0 Å². The first-order chi connectivity index (χ1) is 18.5. The Labute approximate surface area is 227 Å². The second kappa shape index (κ2) is 10.5. The first-order valence-electron chi connectivity index (χ1n) is 11.5. The molecule has 1 aromatic carbocycles. The van der Waals surface area contributed by atoms with Crippen molar-refractivity contribution in [3.8, 4) is 5.75 Å². The number of ether oxygens (including phenoxy) is 1. The third kappa shape index (κ3) is 6.96. The summed E-state index contributed by atoms with van der Waals surface area (Å²) in [4.78, 5) is 30.3. The molecule has 0 fully saturated rings. The minimum absolute atomic E-state index is 0.0125. The topological polar surface area (TPSA) is 142 Å². The Balaban J connectivity index is 2.01. The number of pyridine rings is 1. The predicted octanol–water partition coefficient (Wildman–Crippen LogP) is 3.13. The molecule has 4 rings (SSSR count). The molecule has 0 bridgehead atoms. The number of alkyl halides is 3. The fraction of sp³-hybridized carbons (Fsp3) is 0.240. The van der Waals surface area contributed by atoms with Gasteiger partial charge in [0.15, 0.2) is 15.6 Å². The third-order valence-electron chi connectivity index (χ3n) is 5.67. The lowest BCUT2D eigenvalue weighted by Crippen LogP contribution is -2.32. The Hall–Kier alpha value is -3.98. The Morgan fingerprint density at radius 1 is 1.12 bits per heavy atom. The van der Waals surface area contributed by atoms with Gasteiger partial charge in [0.1, 0.15) is 11.4 Å². The molecule has 2 heterocycles. The number of Topliss-reactive ketones (excluding diaryl/α,β-unsaturated/α-hetero) is 1. The second-order valence-corrected chi connectivity index (χ2v) is 13.0. The molecule has 0 aliphatic heterocycles. The molecule has 0 spiro atoms. The van der Waals surface area contributed by atoms with E-state index in [-0.39, 0.29) is 52.1 Å². The van der Waals surface area contributed by atoms with Gasteiger partial charge in [-0.3, -0.25) is 14.6 Å². The maximum Gasteiger partial charge on any atom is 0.573 e. The summed E-state index contributed by atoms with van der Waals surface area (Å²) in [5, 5.41) is 0.0284. The molecule has 15 heteroatoms. The number of nitrogens with zero attached hydrogens (tertiary/aromatic N) is 2. The zero-order valence-corrected chi connectivity index (χ0v) is 22.7. The van der Waals surface area contributed by atoms with Crippen LogP contribution in [0, 0.1) is 0 Å². The van der Waals surface area contributed by atoms with E-state index in [9.17, 15) is 39.6 Å². The second-order valence-electron chi connectivity index (χ2n) is 9.10. The van der Waals surface area contributed by atoms with Crippen LogP contribution in [0.5, 0.6) is 5.75 Å². The fourth-order valence-corrected chi connectivity index (χ4v) is 5.47. The van der Waals surface area contributed by atoms with E-state index in [0.29, 0.717) is 5.56 Å². The number of hydrogen-bond donors (Lipinski definition) is 1. The molecular formula is C25H22F3N3O7S2. The largest absolute Gasteiger partial charge is 0.573 e. The van der Waals surface area contributed by atoms with Crippen molar-refractivity contribution >= 4 is 48.0 Å². The first kappa shape index (κ1) is 29.0. The summed E-state index contributed by atoms with van der Waals surface area (Å²) in [5.41, 5.74) is 0.443. The van der Waals surface area contributed by atoms with Crippen molar-refractivity contribution < 1.29 is 44.3 Å². The third-order valence-corrected chi connectivity index (χ3v) is 7.04. The van der Waals surface area contributed by atoms with Gasteiger partial charge in [-0.05, 0) is 35.9 Å². The van der Waals surface area contributed by atoms with E-state index in [0.717, 1.165) is 24.6 Å². The Kier molecular flexibility index (Phi) is 7.64. The van der Waals surface area contributed by atoms with Gasteiger partial charge in [0.2, 0.25) is 10.0 Å². The SMILES string of the molecule is CS(=O)(=O)Cc1cc(Cn2c(C(=O)NS(C)(=O)=O)c(C3=CC=CCC3=O)c3cc(OC(F)(F)F)ccc32)ccn1. The highest BCUT2D eigenvalue weighted by Gasteiger charge is 2.33. The quantitative estimate of drug-likeness (QED) is 0.418. The standard InChI is InChI=1S/C25H22F3N3O7S2/c1-39(34,35)14-16-11-15(9-10-29-16)13-31-20-8-7-17(38-25(26,27)28)12-19(20)22(18-5-3-4-6-21(18)32)23(31)24(33)30-40(2,36)37/h3-5,7-12H,6,13-14H2,1-2H3,(H,30,33). The maximum atomic E-state index is 13.4. The van der Waals surface area contributed by atoms with Crippen LogP contribution in [0.4, 0.5) is 13.2 Å². The van der Waals surface area contributed by atoms with Crippen molar-refractivity contribution in [1.29, 1.82) is 0 Å². The van der Waals surface area contributed by atoms with Crippen LogP contribution in [0.3, 0.4) is 0 Å². The van der Waals surface area contributed by atoms with Crippen LogP contribution < -0.4 is 9.46 Å². The molecule has 1 amide bonds. The van der Waals surface area contributed by atoms with Crippen LogP contribution >= 0.6 is 0 Å². The predicted molar refractivity (Wildman–Crippen MR) is 140 cm³/mol. The number of sulfone groups is 1. The monoisotopic (exact) mass is 597 g/mol. The average molecular weight is 598 g/mol. The number of hydrogen-bond acceptors (Lipinski definition) is 8. The van der Waals surface area contributed by atoms with Crippen molar-refractivity contribution in [2.75, 3.05) is 12.5 Å². The zero-order valence-electron chi connectivity index (χ0n) is 21.0. The number of amides is 1. The minimum Gasteiger partial charge on any atom is -0.406 e. The summed E-state index contributed by atoms with van der Waals surface area (Å²) in [5.74, 6) is -2.56. The molecule has 10 nitrogen and oxygen atoms in total. The van der Waals surface area contributed by atoms with E-state index in [1.807, 2.05) is 4.72 Å². The molecule has 2 aromatic heterocycles. The number of allylic oxidation sites excluding steroid dienone is 4. The molecule has 3 aromatic rings. The van der Waals surface area contributed by atoms with E-state index in [4.69, 9.17) is 0 Å². The fourth-order valence-electron chi connectivity index (χ4n) is 4.34. The van der Waals surface area contributed by atoms with E-state index >= 15 is 0 Å². The number of carbonyl (C=O) groups excluding carboxylic acids is 2. The number of nitrogens with one attached hydrogen (secondary N) is 1. The van der Waals surface area contributed by atoms with Gasteiger partial charge in [-0.1, -0.05) is 18.2 Å². The summed E-state index contributed by atoms with van der Waals surface area (Å²) >= 11 is 0. The molecule has 1 aliphatic rings. The molecule has 40 heavy (non-hydrogen) atoms. The summed E-state index contributed by atoms with van der Waals surface area (Å²) in [6, 6.07) is 6.29. The highest BCUT2D eigenvalue weighted by Crippen LogP contribution is 2.37. The molecule has 0 atom stereocenters. The van der Waals surface area contributed by atoms with Crippen LogP contribution in [0.1, 0.15) is 33.7 Å². The van der Waals surface area contributed by atoms with Crippen LogP contribution in [0.2, 0.25) is 0 Å². The van der Waals surface area contributed by atoms with Gasteiger partial charge in [0, 0.05) is 47.5 Å². The number of benzene rings is 1. The lowest BCUT2D eigenvalue weighted by molar-refractivity contribution is -0.274. The molecular weight excluding hydrogens is 575 g/mol. The van der Waals surface area contributed by atoms with E-state index in [2.05, 4.69) is 9.72 Å². The normalized spacial score (nSPS) is 14.3. The van der Waals surface area contributed by atoms with Crippen molar-refractivity contribution in [3.63, 3.8) is 0 Å². The number of halogens is 3. The number of carbonyl (C=O) groups is 2. The highest BCUT2D eigenvalue weighted by atomic mass is 32.2. The number of rotatable bonds is 8.